The minimum atomic E-state index is 0.370. The minimum Gasteiger partial charge on any atom is -0.456 e. The van der Waals surface area contributed by atoms with Crippen molar-refractivity contribution in [1.29, 1.82) is 0 Å². The van der Waals surface area contributed by atoms with Crippen LogP contribution in [0.25, 0.3) is 110 Å². The second-order valence-electron chi connectivity index (χ2n) is 16.1. The lowest BCUT2D eigenvalue weighted by Gasteiger charge is -2.21. The number of aromatic nitrogens is 2. The van der Waals surface area contributed by atoms with Crippen LogP contribution in [0.15, 0.2) is 191 Å². The smallest absolute Gasteiger partial charge is 0.135 e. The minimum absolute atomic E-state index is 0.370. The molecular formula is C55H36N2O2. The SMILES string of the molecule is CC1CC=C(c2ccc3oc4ccc(-n5c6ccccc6c6ccccc65)cc4c3c2)C=C1c1ccc2oc3ccc(-n4c5ccccc5c5ccccc54)cc3c2c1. The first-order valence-corrected chi connectivity index (χ1v) is 20.5. The van der Waals surface area contributed by atoms with Crippen molar-refractivity contribution in [1.82, 2.24) is 9.13 Å². The molecule has 1 aliphatic carbocycles. The highest BCUT2D eigenvalue weighted by Crippen LogP contribution is 2.42. The average molecular weight is 757 g/mol. The van der Waals surface area contributed by atoms with Crippen molar-refractivity contribution >= 4 is 98.6 Å². The molecule has 1 unspecified atom stereocenters. The maximum atomic E-state index is 6.45. The lowest BCUT2D eigenvalue weighted by molar-refractivity contribution is 0.668. The van der Waals surface area contributed by atoms with Gasteiger partial charge >= 0.3 is 0 Å². The van der Waals surface area contributed by atoms with E-state index >= 15 is 0 Å². The quantitative estimate of drug-likeness (QED) is 0.179. The maximum Gasteiger partial charge on any atom is 0.135 e. The number of hydrogen-bond acceptors (Lipinski definition) is 2. The fourth-order valence-corrected chi connectivity index (χ4v) is 9.94. The topological polar surface area (TPSA) is 36.1 Å². The zero-order valence-corrected chi connectivity index (χ0v) is 32.3. The van der Waals surface area contributed by atoms with Crippen LogP contribution in [0.5, 0.6) is 0 Å². The Hall–Kier alpha value is -7.56. The number of hydrogen-bond donors (Lipinski definition) is 0. The predicted octanol–water partition coefficient (Wildman–Crippen LogP) is 15.2. The van der Waals surface area contributed by atoms with Gasteiger partial charge in [-0.1, -0.05) is 104 Å². The second-order valence-corrected chi connectivity index (χ2v) is 16.1. The standard InChI is InChI=1S/C55H36N2O2/c1-33-18-19-34(35-20-24-52-44(29-35)46-31-37(22-26-54(46)58-52)56-48-14-6-2-10-39(48)40-11-3-7-15-49(40)56)28-43(33)36-21-25-53-45(30-36)47-32-38(23-27-55(47)59-53)57-50-16-8-4-12-41(50)42-13-5-9-17-51(42)57/h2-17,19-33H,18H2,1H3. The summed E-state index contributed by atoms with van der Waals surface area (Å²) in [6.07, 6.45) is 5.75. The molecule has 12 aromatic rings. The fourth-order valence-electron chi connectivity index (χ4n) is 9.94. The molecule has 0 amide bonds. The number of nitrogens with zero attached hydrogens (tertiary/aromatic N) is 2. The molecule has 4 heteroatoms. The zero-order valence-electron chi connectivity index (χ0n) is 32.3. The van der Waals surface area contributed by atoms with Gasteiger partial charge in [0, 0.05) is 54.5 Å². The third-order valence-corrected chi connectivity index (χ3v) is 12.8. The van der Waals surface area contributed by atoms with Crippen LogP contribution < -0.4 is 0 Å². The van der Waals surface area contributed by atoms with Gasteiger partial charge in [0.2, 0.25) is 0 Å². The van der Waals surface area contributed by atoms with Gasteiger partial charge in [-0.3, -0.25) is 0 Å². The van der Waals surface area contributed by atoms with E-state index in [1.165, 1.54) is 65.9 Å². The molecule has 59 heavy (non-hydrogen) atoms. The monoisotopic (exact) mass is 756 g/mol. The highest BCUT2D eigenvalue weighted by Gasteiger charge is 2.21. The molecule has 278 valence electrons. The summed E-state index contributed by atoms with van der Waals surface area (Å²) in [5.41, 5.74) is 15.6. The van der Waals surface area contributed by atoms with E-state index in [9.17, 15) is 0 Å². The first-order valence-electron chi connectivity index (χ1n) is 20.5. The van der Waals surface area contributed by atoms with Gasteiger partial charge in [0.05, 0.1) is 22.1 Å². The summed E-state index contributed by atoms with van der Waals surface area (Å²) < 4.78 is 17.6. The molecular weight excluding hydrogens is 721 g/mol. The number of furan rings is 2. The summed E-state index contributed by atoms with van der Waals surface area (Å²) in [6.45, 7) is 2.33. The summed E-state index contributed by atoms with van der Waals surface area (Å²) in [5, 5.41) is 9.53. The van der Waals surface area contributed by atoms with Crippen molar-refractivity contribution in [2.45, 2.75) is 13.3 Å². The van der Waals surface area contributed by atoms with Gasteiger partial charge in [-0.05, 0) is 120 Å². The van der Waals surface area contributed by atoms with E-state index < -0.39 is 0 Å². The summed E-state index contributed by atoms with van der Waals surface area (Å²) in [6, 6.07) is 61.2. The highest BCUT2D eigenvalue weighted by molar-refractivity contribution is 6.13. The molecule has 0 saturated carbocycles. The Bertz CT molecular complexity index is 3680. The van der Waals surface area contributed by atoms with Crippen LogP contribution in [-0.4, -0.2) is 9.13 Å². The average Bonchev–Trinajstić information content (AvgIpc) is 4.03. The molecule has 0 bridgehead atoms. The van der Waals surface area contributed by atoms with Crippen molar-refractivity contribution < 1.29 is 8.83 Å². The van der Waals surface area contributed by atoms with Crippen molar-refractivity contribution in [2.75, 3.05) is 0 Å². The van der Waals surface area contributed by atoms with Crippen molar-refractivity contribution in [2.24, 2.45) is 5.92 Å². The highest BCUT2D eigenvalue weighted by atomic mass is 16.3. The molecule has 0 spiro atoms. The molecule has 1 atom stereocenters. The summed E-state index contributed by atoms with van der Waals surface area (Å²) in [5.74, 6) is 0.370. The van der Waals surface area contributed by atoms with Crippen LogP contribution in [0.3, 0.4) is 0 Å². The second kappa shape index (κ2) is 12.2. The first kappa shape index (κ1) is 32.5. The lowest BCUT2D eigenvalue weighted by atomic mass is 9.83. The van der Waals surface area contributed by atoms with E-state index in [1.807, 2.05) is 0 Å². The van der Waals surface area contributed by atoms with E-state index in [2.05, 4.69) is 198 Å². The van der Waals surface area contributed by atoms with Gasteiger partial charge < -0.3 is 18.0 Å². The molecule has 1 aliphatic rings. The summed E-state index contributed by atoms with van der Waals surface area (Å²) >= 11 is 0. The number of fused-ring (bicyclic) bond motifs is 12. The molecule has 0 radical (unpaired) electrons. The Morgan fingerprint density at radius 1 is 0.407 bits per heavy atom. The van der Waals surface area contributed by atoms with E-state index in [0.29, 0.717) is 5.92 Å². The van der Waals surface area contributed by atoms with Crippen LogP contribution in [0, 0.1) is 5.92 Å². The molecule has 0 aliphatic heterocycles. The fraction of sp³-hybridized carbons (Fsp3) is 0.0545. The largest absolute Gasteiger partial charge is 0.456 e. The first-order chi connectivity index (χ1) is 29.1. The van der Waals surface area contributed by atoms with Crippen LogP contribution in [0.1, 0.15) is 24.5 Å². The Kier molecular flexibility index (Phi) is 6.74. The van der Waals surface area contributed by atoms with Crippen molar-refractivity contribution in [3.63, 3.8) is 0 Å². The van der Waals surface area contributed by atoms with Gasteiger partial charge in [-0.2, -0.15) is 0 Å². The normalized spacial score (nSPS) is 14.8. The van der Waals surface area contributed by atoms with Gasteiger partial charge in [0.25, 0.3) is 0 Å². The Morgan fingerprint density at radius 2 is 0.797 bits per heavy atom. The maximum absolute atomic E-state index is 6.45. The molecule has 0 fully saturated rings. The molecule has 4 nitrogen and oxygen atoms in total. The van der Waals surface area contributed by atoms with Gasteiger partial charge in [0.1, 0.15) is 22.3 Å². The Labute approximate surface area is 339 Å². The number of benzene rings is 8. The van der Waals surface area contributed by atoms with Gasteiger partial charge in [-0.25, -0.2) is 0 Å². The predicted molar refractivity (Wildman–Crippen MR) is 246 cm³/mol. The summed E-state index contributed by atoms with van der Waals surface area (Å²) in [4.78, 5) is 0. The van der Waals surface area contributed by atoms with Gasteiger partial charge in [0.15, 0.2) is 0 Å². The summed E-state index contributed by atoms with van der Waals surface area (Å²) in [7, 11) is 0. The van der Waals surface area contributed by atoms with Crippen LogP contribution >= 0.6 is 0 Å². The third-order valence-electron chi connectivity index (χ3n) is 12.8. The molecule has 0 N–H and O–H groups in total. The van der Waals surface area contributed by atoms with E-state index in [4.69, 9.17) is 8.83 Å². The van der Waals surface area contributed by atoms with E-state index in [0.717, 1.165) is 61.7 Å². The number of rotatable bonds is 4. The Morgan fingerprint density at radius 3 is 1.27 bits per heavy atom. The van der Waals surface area contributed by atoms with E-state index in [-0.39, 0.29) is 0 Å². The number of para-hydroxylation sites is 4. The van der Waals surface area contributed by atoms with E-state index in [1.54, 1.807) is 0 Å². The molecule has 4 aromatic heterocycles. The molecule has 13 rings (SSSR count). The Balaban J connectivity index is 0.907. The molecule has 4 heterocycles. The third kappa shape index (κ3) is 4.77. The lowest BCUT2D eigenvalue weighted by Crippen LogP contribution is -2.03. The van der Waals surface area contributed by atoms with Crippen molar-refractivity contribution in [3.05, 3.63) is 193 Å². The van der Waals surface area contributed by atoms with Gasteiger partial charge in [-0.15, -0.1) is 0 Å². The van der Waals surface area contributed by atoms with Crippen LogP contribution in [0.4, 0.5) is 0 Å². The number of allylic oxidation sites excluding steroid dienone is 4. The molecule has 0 saturated heterocycles. The van der Waals surface area contributed by atoms with Crippen LogP contribution in [-0.2, 0) is 0 Å². The zero-order chi connectivity index (χ0) is 38.8. The van der Waals surface area contributed by atoms with Crippen molar-refractivity contribution in [3.8, 4) is 11.4 Å². The molecule has 8 aromatic carbocycles. The van der Waals surface area contributed by atoms with Crippen LogP contribution in [0.2, 0.25) is 0 Å².